The van der Waals surface area contributed by atoms with Crippen molar-refractivity contribution in [2.45, 2.75) is 30.7 Å². The van der Waals surface area contributed by atoms with Crippen molar-refractivity contribution in [2.24, 2.45) is 0 Å². The Kier molecular flexibility index (Phi) is 3.76. The summed E-state index contributed by atoms with van der Waals surface area (Å²) in [5, 5.41) is 12.2. The van der Waals surface area contributed by atoms with Crippen LogP contribution in [0.25, 0.3) is 0 Å². The number of piperidine rings is 1. The summed E-state index contributed by atoms with van der Waals surface area (Å²) in [6.07, 6.45) is 2.88. The largest absolute Gasteiger partial charge is 0.395 e. The van der Waals surface area contributed by atoms with Gasteiger partial charge in [-0.2, -0.15) is 0 Å². The zero-order chi connectivity index (χ0) is 14.0. The Balaban J connectivity index is 1.68. The molecule has 2 N–H and O–H groups in total. The van der Waals surface area contributed by atoms with Crippen LogP contribution < -0.4 is 5.32 Å². The lowest BCUT2D eigenvalue weighted by Gasteiger charge is -2.39. The fourth-order valence-corrected chi connectivity index (χ4v) is 3.51. The summed E-state index contributed by atoms with van der Waals surface area (Å²) in [4.78, 5) is 14.6. The van der Waals surface area contributed by atoms with E-state index in [1.807, 2.05) is 30.3 Å². The summed E-state index contributed by atoms with van der Waals surface area (Å²) < 4.78 is 0. The van der Waals surface area contributed by atoms with Gasteiger partial charge < -0.3 is 15.3 Å². The van der Waals surface area contributed by atoms with Gasteiger partial charge in [-0.05, 0) is 24.8 Å². The topological polar surface area (TPSA) is 52.6 Å². The average Bonchev–Trinajstić information content (AvgIpc) is 2.80. The van der Waals surface area contributed by atoms with E-state index in [4.69, 9.17) is 5.11 Å². The van der Waals surface area contributed by atoms with E-state index in [0.29, 0.717) is 0 Å². The SMILES string of the molecule is O=C1NC2(CCN(CCO)CC2)C[C@@H]1c1ccccc1. The van der Waals surface area contributed by atoms with Crippen LogP contribution >= 0.6 is 0 Å². The highest BCUT2D eigenvalue weighted by Crippen LogP contribution is 2.39. The average molecular weight is 274 g/mol. The van der Waals surface area contributed by atoms with Crippen molar-refractivity contribution in [3.63, 3.8) is 0 Å². The number of aliphatic hydroxyl groups is 1. The quantitative estimate of drug-likeness (QED) is 0.868. The van der Waals surface area contributed by atoms with Gasteiger partial charge in [0.1, 0.15) is 0 Å². The number of nitrogens with zero attached hydrogens (tertiary/aromatic N) is 1. The van der Waals surface area contributed by atoms with Gasteiger partial charge in [-0.1, -0.05) is 30.3 Å². The molecule has 0 radical (unpaired) electrons. The molecule has 1 spiro atoms. The van der Waals surface area contributed by atoms with Gasteiger partial charge >= 0.3 is 0 Å². The monoisotopic (exact) mass is 274 g/mol. The molecule has 0 aliphatic carbocycles. The third-order valence-electron chi connectivity index (χ3n) is 4.73. The number of benzene rings is 1. The number of carbonyl (C=O) groups excluding carboxylic acids is 1. The van der Waals surface area contributed by atoms with Crippen LogP contribution in [0.2, 0.25) is 0 Å². The van der Waals surface area contributed by atoms with Gasteiger partial charge in [0.25, 0.3) is 0 Å². The molecule has 0 saturated carbocycles. The van der Waals surface area contributed by atoms with Crippen molar-refractivity contribution in [1.29, 1.82) is 0 Å². The highest BCUT2D eigenvalue weighted by molar-refractivity contribution is 5.87. The first-order valence-electron chi connectivity index (χ1n) is 7.43. The maximum absolute atomic E-state index is 12.3. The van der Waals surface area contributed by atoms with Crippen LogP contribution in [0.15, 0.2) is 30.3 Å². The number of hydrogen-bond acceptors (Lipinski definition) is 3. The summed E-state index contributed by atoms with van der Waals surface area (Å²) >= 11 is 0. The van der Waals surface area contributed by atoms with Crippen LogP contribution in [0.4, 0.5) is 0 Å². The molecular formula is C16H22N2O2. The second-order valence-corrected chi connectivity index (χ2v) is 6.00. The number of nitrogens with one attached hydrogen (secondary N) is 1. The van der Waals surface area contributed by atoms with Crippen molar-refractivity contribution in [1.82, 2.24) is 10.2 Å². The van der Waals surface area contributed by atoms with Crippen LogP contribution in [0.3, 0.4) is 0 Å². The van der Waals surface area contributed by atoms with Crippen molar-refractivity contribution >= 4 is 5.91 Å². The van der Waals surface area contributed by atoms with Gasteiger partial charge in [0.2, 0.25) is 5.91 Å². The predicted octanol–water partition coefficient (Wildman–Crippen LogP) is 1.12. The first-order chi connectivity index (χ1) is 9.72. The lowest BCUT2D eigenvalue weighted by atomic mass is 9.82. The van der Waals surface area contributed by atoms with Gasteiger partial charge in [0, 0.05) is 25.2 Å². The van der Waals surface area contributed by atoms with E-state index in [1.54, 1.807) is 0 Å². The molecule has 2 aliphatic heterocycles. The fraction of sp³-hybridized carbons (Fsp3) is 0.562. The molecule has 4 nitrogen and oxygen atoms in total. The van der Waals surface area contributed by atoms with E-state index in [2.05, 4.69) is 10.2 Å². The highest BCUT2D eigenvalue weighted by Gasteiger charge is 2.45. The van der Waals surface area contributed by atoms with Crippen LogP contribution in [0.5, 0.6) is 0 Å². The van der Waals surface area contributed by atoms with Crippen LogP contribution in [-0.2, 0) is 4.79 Å². The molecule has 0 bridgehead atoms. The van der Waals surface area contributed by atoms with Gasteiger partial charge in [-0.3, -0.25) is 4.79 Å². The Morgan fingerprint density at radius 1 is 1.25 bits per heavy atom. The molecule has 0 aromatic heterocycles. The molecule has 4 heteroatoms. The molecule has 2 heterocycles. The minimum Gasteiger partial charge on any atom is -0.395 e. The predicted molar refractivity (Wildman–Crippen MR) is 77.4 cm³/mol. The van der Waals surface area contributed by atoms with Gasteiger partial charge in [0.15, 0.2) is 0 Å². The molecule has 108 valence electrons. The second kappa shape index (κ2) is 5.54. The summed E-state index contributed by atoms with van der Waals surface area (Å²) in [7, 11) is 0. The summed E-state index contributed by atoms with van der Waals surface area (Å²) in [6, 6.07) is 10.1. The van der Waals surface area contributed by atoms with E-state index in [0.717, 1.165) is 44.5 Å². The molecule has 2 aliphatic rings. The van der Waals surface area contributed by atoms with Crippen molar-refractivity contribution in [3.8, 4) is 0 Å². The number of hydrogen-bond donors (Lipinski definition) is 2. The van der Waals surface area contributed by atoms with E-state index in [9.17, 15) is 4.79 Å². The Labute approximate surface area is 119 Å². The molecule has 2 fully saturated rings. The smallest absolute Gasteiger partial charge is 0.228 e. The van der Waals surface area contributed by atoms with Gasteiger partial charge in [-0.15, -0.1) is 0 Å². The number of β-amino-alcohol motifs (C(OH)–C–C–N with tert-alkyl or cyclic N) is 1. The molecule has 1 aromatic rings. The van der Waals surface area contributed by atoms with E-state index >= 15 is 0 Å². The molecular weight excluding hydrogens is 252 g/mol. The minimum atomic E-state index is -0.0243. The molecule has 0 unspecified atom stereocenters. The maximum Gasteiger partial charge on any atom is 0.228 e. The van der Waals surface area contributed by atoms with Crippen LogP contribution in [0.1, 0.15) is 30.7 Å². The molecule has 3 rings (SSSR count). The fourth-order valence-electron chi connectivity index (χ4n) is 3.51. The Morgan fingerprint density at radius 3 is 2.60 bits per heavy atom. The van der Waals surface area contributed by atoms with Gasteiger partial charge in [-0.25, -0.2) is 0 Å². The third-order valence-corrected chi connectivity index (χ3v) is 4.73. The number of carbonyl (C=O) groups is 1. The van der Waals surface area contributed by atoms with Crippen LogP contribution in [-0.4, -0.2) is 47.7 Å². The van der Waals surface area contributed by atoms with Crippen molar-refractivity contribution in [2.75, 3.05) is 26.2 Å². The van der Waals surface area contributed by atoms with E-state index < -0.39 is 0 Å². The molecule has 1 aromatic carbocycles. The zero-order valence-corrected chi connectivity index (χ0v) is 11.7. The Morgan fingerprint density at radius 2 is 1.95 bits per heavy atom. The van der Waals surface area contributed by atoms with Crippen LogP contribution in [0, 0.1) is 0 Å². The Bertz CT molecular complexity index is 467. The van der Waals surface area contributed by atoms with Crippen molar-refractivity contribution in [3.05, 3.63) is 35.9 Å². The number of aliphatic hydroxyl groups excluding tert-OH is 1. The normalized spacial score (nSPS) is 25.9. The van der Waals surface area contributed by atoms with E-state index in [1.165, 1.54) is 0 Å². The summed E-state index contributed by atoms with van der Waals surface area (Å²) in [6.45, 7) is 2.88. The van der Waals surface area contributed by atoms with Crippen molar-refractivity contribution < 1.29 is 9.90 Å². The molecule has 2 saturated heterocycles. The first-order valence-corrected chi connectivity index (χ1v) is 7.43. The minimum absolute atomic E-state index is 0.000548. The lowest BCUT2D eigenvalue weighted by Crippen LogP contribution is -2.51. The number of rotatable bonds is 3. The zero-order valence-electron chi connectivity index (χ0n) is 11.7. The molecule has 20 heavy (non-hydrogen) atoms. The summed E-state index contributed by atoms with van der Waals surface area (Å²) in [5.41, 5.74) is 1.10. The molecule has 1 atom stereocenters. The van der Waals surface area contributed by atoms with Gasteiger partial charge in [0.05, 0.1) is 12.5 Å². The number of likely N-dealkylation sites (tertiary alicyclic amines) is 1. The lowest BCUT2D eigenvalue weighted by molar-refractivity contribution is -0.121. The maximum atomic E-state index is 12.3. The molecule has 1 amide bonds. The summed E-state index contributed by atoms with van der Waals surface area (Å²) in [5.74, 6) is 0.174. The highest BCUT2D eigenvalue weighted by atomic mass is 16.3. The standard InChI is InChI=1S/C16H22N2O2/c19-11-10-18-8-6-16(7-9-18)12-14(15(20)17-16)13-4-2-1-3-5-13/h1-5,14,19H,6-12H2,(H,17,20)/t14-/m1/s1. The van der Waals surface area contributed by atoms with E-state index in [-0.39, 0.29) is 24.0 Å². The second-order valence-electron chi connectivity index (χ2n) is 6.00. The number of amides is 1. The first kappa shape index (κ1) is 13.6. The Hall–Kier alpha value is -1.39. The third kappa shape index (κ3) is 2.58.